The minimum absolute atomic E-state index is 0.133. The molecular formula is C19H39NO. The van der Waals surface area contributed by atoms with Gasteiger partial charge in [0.15, 0.2) is 0 Å². The van der Waals surface area contributed by atoms with Crippen LogP contribution in [0.1, 0.15) is 97.3 Å². The summed E-state index contributed by atoms with van der Waals surface area (Å²) in [5.41, 5.74) is 0. The largest absolute Gasteiger partial charge is 0.300 e. The molecule has 0 aliphatic heterocycles. The normalized spacial score (nSPS) is 12.8. The summed E-state index contributed by atoms with van der Waals surface area (Å²) >= 11 is 0. The van der Waals surface area contributed by atoms with Crippen molar-refractivity contribution < 1.29 is 4.79 Å². The first-order valence-electron chi connectivity index (χ1n) is 9.32. The number of nitrogens with zero attached hydrogens (tertiary/aromatic N) is 1. The Hall–Kier alpha value is -0.370. The zero-order chi connectivity index (χ0) is 15.9. The van der Waals surface area contributed by atoms with E-state index in [4.69, 9.17) is 0 Å². The highest BCUT2D eigenvalue weighted by molar-refractivity contribution is 5.83. The Morgan fingerprint density at radius 2 is 1.19 bits per heavy atom. The minimum Gasteiger partial charge on any atom is -0.300 e. The van der Waals surface area contributed by atoms with E-state index in [-0.39, 0.29) is 6.04 Å². The standard InChI is InChI=1S/C19H39NO/c1-5-7-8-9-10-11-12-13-14-15-16-17-19(21)18(6-2)20(3)4/h18H,5-17H2,1-4H3. The number of carbonyl (C=O) groups is 1. The van der Waals surface area contributed by atoms with E-state index in [0.717, 1.165) is 19.3 Å². The maximum atomic E-state index is 12.0. The van der Waals surface area contributed by atoms with E-state index in [1.54, 1.807) is 0 Å². The molecule has 0 heterocycles. The van der Waals surface area contributed by atoms with Gasteiger partial charge in [0.2, 0.25) is 0 Å². The Balaban J connectivity index is 3.34. The highest BCUT2D eigenvalue weighted by atomic mass is 16.1. The third-order valence-corrected chi connectivity index (χ3v) is 4.41. The molecule has 0 fully saturated rings. The third kappa shape index (κ3) is 11.9. The van der Waals surface area contributed by atoms with E-state index < -0.39 is 0 Å². The molecule has 2 nitrogen and oxygen atoms in total. The number of carbonyl (C=O) groups excluding carboxylic acids is 1. The van der Waals surface area contributed by atoms with Gasteiger partial charge in [0.05, 0.1) is 6.04 Å². The van der Waals surface area contributed by atoms with Crippen LogP contribution in [0.2, 0.25) is 0 Å². The Bertz CT molecular complexity index is 238. The molecule has 0 bridgehead atoms. The third-order valence-electron chi connectivity index (χ3n) is 4.41. The number of hydrogen-bond donors (Lipinski definition) is 0. The van der Waals surface area contributed by atoms with Crippen molar-refractivity contribution in [3.05, 3.63) is 0 Å². The fraction of sp³-hybridized carbons (Fsp3) is 0.947. The molecule has 126 valence electrons. The number of unbranched alkanes of at least 4 members (excludes halogenated alkanes) is 10. The van der Waals surface area contributed by atoms with E-state index in [1.807, 2.05) is 14.1 Å². The summed E-state index contributed by atoms with van der Waals surface area (Å²) < 4.78 is 0. The van der Waals surface area contributed by atoms with Crippen LogP contribution in [0.15, 0.2) is 0 Å². The van der Waals surface area contributed by atoms with Crippen molar-refractivity contribution in [2.75, 3.05) is 14.1 Å². The van der Waals surface area contributed by atoms with Crippen molar-refractivity contribution >= 4 is 5.78 Å². The molecule has 1 atom stereocenters. The van der Waals surface area contributed by atoms with Gasteiger partial charge in [-0.15, -0.1) is 0 Å². The Kier molecular flexibility index (Phi) is 14.3. The van der Waals surface area contributed by atoms with Crippen molar-refractivity contribution in [3.63, 3.8) is 0 Å². The summed E-state index contributed by atoms with van der Waals surface area (Å²) in [6, 6.07) is 0.133. The van der Waals surface area contributed by atoms with Crippen LogP contribution < -0.4 is 0 Å². The smallest absolute Gasteiger partial charge is 0.149 e. The molecule has 0 radical (unpaired) electrons. The lowest BCUT2D eigenvalue weighted by Crippen LogP contribution is -2.34. The molecule has 0 amide bonds. The molecule has 0 aromatic rings. The summed E-state index contributed by atoms with van der Waals surface area (Å²) in [6.45, 7) is 4.37. The van der Waals surface area contributed by atoms with E-state index in [2.05, 4.69) is 18.7 Å². The minimum atomic E-state index is 0.133. The SMILES string of the molecule is CCCCCCCCCCCCCC(=O)C(CC)N(C)C. The van der Waals surface area contributed by atoms with Crippen molar-refractivity contribution in [1.29, 1.82) is 0 Å². The van der Waals surface area contributed by atoms with Crippen molar-refractivity contribution in [3.8, 4) is 0 Å². The van der Waals surface area contributed by atoms with Crippen LogP contribution in [-0.2, 0) is 4.79 Å². The maximum Gasteiger partial charge on any atom is 0.149 e. The lowest BCUT2D eigenvalue weighted by atomic mass is 10.0. The summed E-state index contributed by atoms with van der Waals surface area (Å²) in [6.07, 6.45) is 16.5. The first-order chi connectivity index (χ1) is 10.1. The van der Waals surface area contributed by atoms with Crippen LogP contribution in [0.5, 0.6) is 0 Å². The van der Waals surface area contributed by atoms with Gasteiger partial charge in [-0.25, -0.2) is 0 Å². The average molecular weight is 298 g/mol. The van der Waals surface area contributed by atoms with Gasteiger partial charge >= 0.3 is 0 Å². The quantitative estimate of drug-likeness (QED) is 0.367. The van der Waals surface area contributed by atoms with Gasteiger partial charge in [-0.05, 0) is 26.9 Å². The second-order valence-electron chi connectivity index (χ2n) is 6.64. The van der Waals surface area contributed by atoms with E-state index in [0.29, 0.717) is 5.78 Å². The van der Waals surface area contributed by atoms with E-state index in [1.165, 1.54) is 64.2 Å². The summed E-state index contributed by atoms with van der Waals surface area (Å²) in [4.78, 5) is 14.1. The number of Topliss-reactive ketones (excluding diaryl/α,β-unsaturated/α-hetero) is 1. The number of rotatable bonds is 15. The molecule has 1 unspecified atom stereocenters. The first kappa shape index (κ1) is 20.6. The van der Waals surface area contributed by atoms with Gasteiger partial charge in [0, 0.05) is 6.42 Å². The van der Waals surface area contributed by atoms with Gasteiger partial charge in [-0.3, -0.25) is 9.69 Å². The molecule has 0 aromatic heterocycles. The maximum absolute atomic E-state index is 12.0. The Labute approximate surface area is 133 Å². The van der Waals surface area contributed by atoms with Gasteiger partial charge in [-0.1, -0.05) is 78.1 Å². The molecule has 0 saturated carbocycles. The van der Waals surface area contributed by atoms with Crippen LogP contribution >= 0.6 is 0 Å². The predicted molar refractivity (Wildman–Crippen MR) is 93.9 cm³/mol. The van der Waals surface area contributed by atoms with E-state index in [9.17, 15) is 4.79 Å². The fourth-order valence-electron chi connectivity index (χ4n) is 3.01. The molecule has 0 N–H and O–H groups in total. The molecule has 0 aliphatic carbocycles. The molecule has 0 aliphatic rings. The number of hydrogen-bond acceptors (Lipinski definition) is 2. The zero-order valence-corrected chi connectivity index (χ0v) is 15.1. The molecule has 0 saturated heterocycles. The molecule has 2 heteroatoms. The van der Waals surface area contributed by atoms with Gasteiger partial charge in [0.25, 0.3) is 0 Å². The average Bonchev–Trinajstić information content (AvgIpc) is 2.45. The lowest BCUT2D eigenvalue weighted by Gasteiger charge is -2.21. The first-order valence-corrected chi connectivity index (χ1v) is 9.32. The summed E-state index contributed by atoms with van der Waals surface area (Å²) in [5.74, 6) is 0.429. The molecule has 0 aromatic carbocycles. The number of likely N-dealkylation sites (N-methyl/N-ethyl adjacent to an activating group) is 1. The molecule has 0 rings (SSSR count). The second kappa shape index (κ2) is 14.6. The van der Waals surface area contributed by atoms with Gasteiger partial charge < -0.3 is 0 Å². The van der Waals surface area contributed by atoms with Crippen molar-refractivity contribution in [2.24, 2.45) is 0 Å². The topological polar surface area (TPSA) is 20.3 Å². The summed E-state index contributed by atoms with van der Waals surface area (Å²) in [7, 11) is 4.01. The summed E-state index contributed by atoms with van der Waals surface area (Å²) in [5, 5.41) is 0. The van der Waals surface area contributed by atoms with Crippen LogP contribution in [0.25, 0.3) is 0 Å². The van der Waals surface area contributed by atoms with Crippen molar-refractivity contribution in [2.45, 2.75) is 103 Å². The highest BCUT2D eigenvalue weighted by Gasteiger charge is 2.17. The van der Waals surface area contributed by atoms with Crippen molar-refractivity contribution in [1.82, 2.24) is 4.90 Å². The lowest BCUT2D eigenvalue weighted by molar-refractivity contribution is -0.123. The Morgan fingerprint density at radius 3 is 1.57 bits per heavy atom. The van der Waals surface area contributed by atoms with Crippen LogP contribution in [-0.4, -0.2) is 30.8 Å². The fourth-order valence-corrected chi connectivity index (χ4v) is 3.01. The Morgan fingerprint density at radius 1 is 0.762 bits per heavy atom. The zero-order valence-electron chi connectivity index (χ0n) is 15.1. The van der Waals surface area contributed by atoms with Crippen LogP contribution in [0, 0.1) is 0 Å². The molecule has 21 heavy (non-hydrogen) atoms. The van der Waals surface area contributed by atoms with E-state index >= 15 is 0 Å². The monoisotopic (exact) mass is 297 g/mol. The van der Waals surface area contributed by atoms with Gasteiger partial charge in [-0.2, -0.15) is 0 Å². The predicted octanol–water partition coefficient (Wildman–Crippen LogP) is 5.60. The molecule has 0 spiro atoms. The number of ketones is 1. The molecular weight excluding hydrogens is 258 g/mol. The van der Waals surface area contributed by atoms with Crippen LogP contribution in [0.4, 0.5) is 0 Å². The van der Waals surface area contributed by atoms with Crippen LogP contribution in [0.3, 0.4) is 0 Å². The highest BCUT2D eigenvalue weighted by Crippen LogP contribution is 2.13. The van der Waals surface area contributed by atoms with Gasteiger partial charge in [0.1, 0.15) is 5.78 Å². The second-order valence-corrected chi connectivity index (χ2v) is 6.64.